The molecule has 1 N–H and O–H groups in total. The summed E-state index contributed by atoms with van der Waals surface area (Å²) in [6.07, 6.45) is 6.08. The number of carbonyl (C=O) groups is 2. The van der Waals surface area contributed by atoms with Crippen LogP contribution >= 0.6 is 12.6 Å². The summed E-state index contributed by atoms with van der Waals surface area (Å²) in [6, 6.07) is -0.646. The first-order valence-electron chi connectivity index (χ1n) is 7.63. The predicted molar refractivity (Wildman–Crippen MR) is 78.6 cm³/mol. The summed E-state index contributed by atoms with van der Waals surface area (Å²) < 4.78 is 0. The molecule has 112 valence electrons. The maximum Gasteiger partial charge on any atom is 0.327 e. The van der Waals surface area contributed by atoms with E-state index in [1.54, 1.807) is 4.90 Å². The van der Waals surface area contributed by atoms with E-state index in [9.17, 15) is 14.7 Å². The van der Waals surface area contributed by atoms with Gasteiger partial charge in [0.2, 0.25) is 5.91 Å². The van der Waals surface area contributed by atoms with Crippen LogP contribution in [0.25, 0.3) is 0 Å². The van der Waals surface area contributed by atoms with Gasteiger partial charge in [-0.25, -0.2) is 4.79 Å². The van der Waals surface area contributed by atoms with E-state index in [2.05, 4.69) is 12.6 Å². The van der Waals surface area contributed by atoms with Crippen molar-refractivity contribution < 1.29 is 14.7 Å². The van der Waals surface area contributed by atoms with Crippen LogP contribution in [0.1, 0.15) is 39.0 Å². The largest absolute Gasteiger partial charge is 0.480 e. The molecule has 4 saturated carbocycles. The Kier molecular flexibility index (Phi) is 3.73. The molecule has 0 aromatic rings. The fraction of sp³-hybridized carbons (Fsp3) is 0.867. The fourth-order valence-electron chi connectivity index (χ4n) is 5.27. The topological polar surface area (TPSA) is 57.6 Å². The van der Waals surface area contributed by atoms with Crippen LogP contribution < -0.4 is 0 Å². The molecule has 0 aromatic carbocycles. The van der Waals surface area contributed by atoms with Crippen LogP contribution in [0.3, 0.4) is 0 Å². The molecule has 1 unspecified atom stereocenters. The van der Waals surface area contributed by atoms with E-state index in [-0.39, 0.29) is 17.7 Å². The van der Waals surface area contributed by atoms with E-state index in [1.807, 2.05) is 0 Å². The molecular formula is C15H23NO3S. The fourth-order valence-corrected chi connectivity index (χ4v) is 5.60. The van der Waals surface area contributed by atoms with Gasteiger partial charge >= 0.3 is 5.97 Å². The van der Waals surface area contributed by atoms with Crippen LogP contribution in [0, 0.1) is 23.7 Å². The highest BCUT2D eigenvalue weighted by atomic mass is 32.1. The van der Waals surface area contributed by atoms with Gasteiger partial charge in [0.15, 0.2) is 0 Å². The van der Waals surface area contributed by atoms with Crippen molar-refractivity contribution in [3.8, 4) is 0 Å². The monoisotopic (exact) mass is 297 g/mol. The van der Waals surface area contributed by atoms with Gasteiger partial charge in [0.05, 0.1) is 0 Å². The zero-order valence-corrected chi connectivity index (χ0v) is 12.8. The number of rotatable bonds is 4. The average Bonchev–Trinajstić information content (AvgIpc) is 2.35. The minimum Gasteiger partial charge on any atom is -0.480 e. The van der Waals surface area contributed by atoms with Gasteiger partial charge < -0.3 is 10.0 Å². The summed E-state index contributed by atoms with van der Waals surface area (Å²) in [5.41, 5.74) is 0. The molecule has 0 spiro atoms. The number of amides is 1. The van der Waals surface area contributed by atoms with Crippen molar-refractivity contribution in [1.29, 1.82) is 0 Å². The van der Waals surface area contributed by atoms with Crippen molar-refractivity contribution >= 4 is 24.5 Å². The van der Waals surface area contributed by atoms with Crippen LogP contribution in [0.15, 0.2) is 0 Å². The lowest BCUT2D eigenvalue weighted by Gasteiger charge is -2.57. The quantitative estimate of drug-likeness (QED) is 0.781. The van der Waals surface area contributed by atoms with E-state index in [1.165, 1.54) is 39.0 Å². The van der Waals surface area contributed by atoms with Gasteiger partial charge in [-0.3, -0.25) is 4.79 Å². The highest BCUT2D eigenvalue weighted by molar-refractivity contribution is 7.80. The Labute approximate surface area is 125 Å². The average molecular weight is 297 g/mol. The van der Waals surface area contributed by atoms with E-state index in [4.69, 9.17) is 0 Å². The molecule has 4 aliphatic rings. The Hall–Kier alpha value is -0.710. The van der Waals surface area contributed by atoms with E-state index in [0.29, 0.717) is 11.8 Å². The Morgan fingerprint density at radius 3 is 2.00 bits per heavy atom. The van der Waals surface area contributed by atoms with Crippen LogP contribution in [0.4, 0.5) is 0 Å². The molecule has 4 fully saturated rings. The minimum atomic E-state index is -0.927. The van der Waals surface area contributed by atoms with E-state index >= 15 is 0 Å². The Morgan fingerprint density at radius 2 is 1.65 bits per heavy atom. The van der Waals surface area contributed by atoms with Gasteiger partial charge in [-0.15, -0.1) is 0 Å². The van der Waals surface area contributed by atoms with Crippen molar-refractivity contribution in [2.45, 2.75) is 51.1 Å². The third kappa shape index (κ3) is 2.24. The zero-order valence-electron chi connectivity index (χ0n) is 11.9. The molecule has 4 rings (SSSR count). The maximum atomic E-state index is 12.1. The minimum absolute atomic E-state index is 0.107. The third-order valence-electron chi connectivity index (χ3n) is 5.66. The lowest BCUT2D eigenvalue weighted by molar-refractivity contribution is -0.158. The summed E-state index contributed by atoms with van der Waals surface area (Å²) >= 11 is 4.17. The molecule has 20 heavy (non-hydrogen) atoms. The number of nitrogens with zero attached hydrogens (tertiary/aromatic N) is 1. The Bertz CT molecular complexity index is 397. The van der Waals surface area contributed by atoms with Gasteiger partial charge in [0.25, 0.3) is 0 Å². The molecule has 0 radical (unpaired) electrons. The maximum absolute atomic E-state index is 12.1. The van der Waals surface area contributed by atoms with Crippen LogP contribution in [-0.4, -0.2) is 39.7 Å². The SMILES string of the molecule is CC(=O)N(C(CS)C(=O)O)C1C2CC3CC(C2)CC1C3. The lowest BCUT2D eigenvalue weighted by atomic mass is 9.53. The van der Waals surface area contributed by atoms with Crippen LogP contribution in [0.5, 0.6) is 0 Å². The molecule has 4 bridgehead atoms. The standard InChI is InChI=1S/C15H23NO3S/c1-8(17)16(13(7-20)15(18)19)14-11-3-9-2-10(5-11)6-12(14)4-9/h9-14,20H,2-7H2,1H3,(H,18,19). The van der Waals surface area contributed by atoms with Gasteiger partial charge in [0.1, 0.15) is 6.04 Å². The second-order valence-corrected chi connectivity index (χ2v) is 7.25. The second-order valence-electron chi connectivity index (χ2n) is 6.88. The predicted octanol–water partition coefficient (Wildman–Crippen LogP) is 2.04. The van der Waals surface area contributed by atoms with Crippen LogP contribution in [-0.2, 0) is 9.59 Å². The first kappa shape index (κ1) is 14.2. The summed E-state index contributed by atoms with van der Waals surface area (Å²) in [5, 5.41) is 9.40. The summed E-state index contributed by atoms with van der Waals surface area (Å²) in [7, 11) is 0. The summed E-state index contributed by atoms with van der Waals surface area (Å²) in [4.78, 5) is 25.2. The molecule has 4 nitrogen and oxygen atoms in total. The van der Waals surface area contributed by atoms with E-state index in [0.717, 1.165) is 11.8 Å². The van der Waals surface area contributed by atoms with Crippen molar-refractivity contribution in [2.24, 2.45) is 23.7 Å². The third-order valence-corrected chi connectivity index (χ3v) is 6.00. The summed E-state index contributed by atoms with van der Waals surface area (Å²) in [5.74, 6) is 1.82. The van der Waals surface area contributed by atoms with E-state index < -0.39 is 12.0 Å². The molecule has 0 aromatic heterocycles. The molecule has 0 heterocycles. The van der Waals surface area contributed by atoms with Gasteiger partial charge in [0, 0.05) is 18.7 Å². The van der Waals surface area contributed by atoms with Gasteiger partial charge in [-0.05, 0) is 55.8 Å². The highest BCUT2D eigenvalue weighted by Gasteiger charge is 2.52. The first-order valence-corrected chi connectivity index (χ1v) is 8.27. The van der Waals surface area contributed by atoms with Gasteiger partial charge in [-0.1, -0.05) is 0 Å². The molecule has 1 amide bonds. The highest BCUT2D eigenvalue weighted by Crippen LogP contribution is 2.55. The molecule has 0 saturated heterocycles. The normalized spacial score (nSPS) is 39.6. The number of carboxylic acid groups (broad SMARTS) is 1. The van der Waals surface area contributed by atoms with Crippen molar-refractivity contribution in [3.63, 3.8) is 0 Å². The number of thiol groups is 1. The van der Waals surface area contributed by atoms with Crippen molar-refractivity contribution in [1.82, 2.24) is 4.90 Å². The Balaban J connectivity index is 1.88. The molecule has 0 aliphatic heterocycles. The molecular weight excluding hydrogens is 274 g/mol. The molecule has 5 heteroatoms. The number of aliphatic carboxylic acids is 1. The summed E-state index contributed by atoms with van der Waals surface area (Å²) in [6.45, 7) is 1.50. The lowest BCUT2D eigenvalue weighted by Crippen LogP contribution is -2.61. The Morgan fingerprint density at radius 1 is 1.15 bits per heavy atom. The molecule has 4 aliphatic carbocycles. The van der Waals surface area contributed by atoms with Crippen molar-refractivity contribution in [2.75, 3.05) is 5.75 Å². The smallest absolute Gasteiger partial charge is 0.327 e. The second kappa shape index (κ2) is 5.24. The van der Waals surface area contributed by atoms with Crippen LogP contribution in [0.2, 0.25) is 0 Å². The zero-order chi connectivity index (χ0) is 14.4. The number of carbonyl (C=O) groups excluding carboxylic acids is 1. The number of hydrogen-bond acceptors (Lipinski definition) is 3. The molecule has 1 atom stereocenters. The van der Waals surface area contributed by atoms with Gasteiger partial charge in [-0.2, -0.15) is 12.6 Å². The van der Waals surface area contributed by atoms with Crippen molar-refractivity contribution in [3.05, 3.63) is 0 Å². The first-order chi connectivity index (χ1) is 9.51. The number of hydrogen-bond donors (Lipinski definition) is 2. The number of carboxylic acids is 1.